The molecular weight excluding hydrogens is 298 g/mol. The molecule has 24 heavy (non-hydrogen) atoms. The molecule has 1 heterocycles. The molecule has 0 spiro atoms. The van der Waals surface area contributed by atoms with Gasteiger partial charge in [-0.25, -0.2) is 4.79 Å². The van der Waals surface area contributed by atoms with Crippen LogP contribution in [-0.2, 0) is 6.54 Å². The van der Waals surface area contributed by atoms with E-state index in [2.05, 4.69) is 58.7 Å². The number of benzene rings is 2. The molecule has 1 N–H and O–H groups in total. The highest BCUT2D eigenvalue weighted by Crippen LogP contribution is 2.20. The quantitative estimate of drug-likeness (QED) is 0.938. The molecule has 0 radical (unpaired) electrons. The lowest BCUT2D eigenvalue weighted by Gasteiger charge is -2.34. The fraction of sp³-hybridized carbons (Fsp3) is 0.350. The third-order valence-electron chi connectivity index (χ3n) is 4.45. The van der Waals surface area contributed by atoms with Crippen molar-refractivity contribution in [1.29, 1.82) is 0 Å². The molecule has 1 saturated heterocycles. The molecule has 1 fully saturated rings. The number of carbonyl (C=O) groups is 1. The molecule has 0 atom stereocenters. The highest BCUT2D eigenvalue weighted by Gasteiger charge is 2.20. The van der Waals surface area contributed by atoms with Crippen molar-refractivity contribution in [3.05, 3.63) is 60.2 Å². The van der Waals surface area contributed by atoms with Gasteiger partial charge in [-0.1, -0.05) is 54.6 Å². The van der Waals surface area contributed by atoms with E-state index in [1.54, 1.807) is 0 Å². The molecule has 2 aromatic carbocycles. The van der Waals surface area contributed by atoms with Crippen LogP contribution >= 0.6 is 0 Å². The maximum Gasteiger partial charge on any atom is 0.317 e. The molecule has 1 aliphatic rings. The van der Waals surface area contributed by atoms with Gasteiger partial charge >= 0.3 is 6.03 Å². The summed E-state index contributed by atoms with van der Waals surface area (Å²) in [7, 11) is 0. The average molecular weight is 323 g/mol. The number of urea groups is 1. The lowest BCUT2D eigenvalue weighted by Crippen LogP contribution is -2.51. The molecule has 0 saturated carbocycles. The van der Waals surface area contributed by atoms with Crippen molar-refractivity contribution < 1.29 is 4.79 Å². The Morgan fingerprint density at radius 1 is 0.917 bits per heavy atom. The fourth-order valence-corrected chi connectivity index (χ4v) is 3.06. The molecule has 0 aromatic heterocycles. The minimum absolute atomic E-state index is 0.0596. The SMILES string of the molecule is CCNC(=O)N1CCN(Cc2ccc(-c3ccccc3)cc2)CC1. The van der Waals surface area contributed by atoms with Crippen LogP contribution in [0.1, 0.15) is 12.5 Å². The topological polar surface area (TPSA) is 35.6 Å². The molecule has 4 nitrogen and oxygen atoms in total. The summed E-state index contributed by atoms with van der Waals surface area (Å²) in [5.74, 6) is 0. The second-order valence-electron chi connectivity index (χ2n) is 6.16. The number of rotatable bonds is 4. The molecule has 0 bridgehead atoms. The molecule has 0 aliphatic carbocycles. The predicted octanol–water partition coefficient (Wildman–Crippen LogP) is 3.20. The number of hydrogen-bond donors (Lipinski definition) is 1. The second kappa shape index (κ2) is 7.97. The summed E-state index contributed by atoms with van der Waals surface area (Å²) in [5, 5.41) is 2.87. The minimum Gasteiger partial charge on any atom is -0.338 e. The van der Waals surface area contributed by atoms with Crippen molar-refractivity contribution in [2.45, 2.75) is 13.5 Å². The zero-order chi connectivity index (χ0) is 16.8. The molecular formula is C20H25N3O. The van der Waals surface area contributed by atoms with Gasteiger partial charge in [-0.15, -0.1) is 0 Å². The number of carbonyl (C=O) groups excluding carboxylic acids is 1. The number of amides is 2. The number of piperazine rings is 1. The molecule has 1 aliphatic heterocycles. The van der Waals surface area contributed by atoms with E-state index in [9.17, 15) is 4.79 Å². The highest BCUT2D eigenvalue weighted by atomic mass is 16.2. The first-order chi connectivity index (χ1) is 11.8. The standard InChI is InChI=1S/C20H25N3O/c1-2-21-20(24)23-14-12-22(13-15-23)16-17-8-10-19(11-9-17)18-6-4-3-5-7-18/h3-11H,2,12-16H2,1H3,(H,21,24). The summed E-state index contributed by atoms with van der Waals surface area (Å²) >= 11 is 0. The highest BCUT2D eigenvalue weighted by molar-refractivity contribution is 5.74. The Morgan fingerprint density at radius 3 is 2.17 bits per heavy atom. The summed E-state index contributed by atoms with van der Waals surface area (Å²) < 4.78 is 0. The van der Waals surface area contributed by atoms with Gasteiger partial charge in [0.2, 0.25) is 0 Å². The van der Waals surface area contributed by atoms with Gasteiger partial charge in [-0.2, -0.15) is 0 Å². The third kappa shape index (κ3) is 4.15. The van der Waals surface area contributed by atoms with E-state index in [1.165, 1.54) is 16.7 Å². The van der Waals surface area contributed by atoms with E-state index in [0.717, 1.165) is 32.7 Å². The Bertz CT molecular complexity index is 646. The van der Waals surface area contributed by atoms with Crippen LogP contribution in [0.25, 0.3) is 11.1 Å². The Balaban J connectivity index is 1.53. The van der Waals surface area contributed by atoms with Gasteiger partial charge in [0.1, 0.15) is 0 Å². The zero-order valence-electron chi connectivity index (χ0n) is 14.2. The third-order valence-corrected chi connectivity index (χ3v) is 4.45. The van der Waals surface area contributed by atoms with Crippen LogP contribution in [0.3, 0.4) is 0 Å². The molecule has 4 heteroatoms. The molecule has 126 valence electrons. The molecule has 0 unspecified atom stereocenters. The van der Waals surface area contributed by atoms with Crippen LogP contribution in [0.2, 0.25) is 0 Å². The first kappa shape index (κ1) is 16.5. The van der Waals surface area contributed by atoms with Crippen LogP contribution < -0.4 is 5.32 Å². The second-order valence-corrected chi connectivity index (χ2v) is 6.16. The first-order valence-corrected chi connectivity index (χ1v) is 8.66. The van der Waals surface area contributed by atoms with Crippen molar-refractivity contribution in [1.82, 2.24) is 15.1 Å². The zero-order valence-corrected chi connectivity index (χ0v) is 14.2. The Kier molecular flexibility index (Phi) is 5.49. The molecule has 2 aromatic rings. The van der Waals surface area contributed by atoms with E-state index < -0.39 is 0 Å². The maximum absolute atomic E-state index is 11.8. The van der Waals surface area contributed by atoms with Crippen LogP contribution in [0.15, 0.2) is 54.6 Å². The van der Waals surface area contributed by atoms with Crippen molar-refractivity contribution in [3.8, 4) is 11.1 Å². The van der Waals surface area contributed by atoms with E-state index in [0.29, 0.717) is 6.54 Å². The predicted molar refractivity (Wildman–Crippen MR) is 97.8 cm³/mol. The number of hydrogen-bond acceptors (Lipinski definition) is 2. The van der Waals surface area contributed by atoms with Gasteiger partial charge in [0.25, 0.3) is 0 Å². The van der Waals surface area contributed by atoms with E-state index in [-0.39, 0.29) is 6.03 Å². The van der Waals surface area contributed by atoms with Crippen molar-refractivity contribution in [2.75, 3.05) is 32.7 Å². The largest absolute Gasteiger partial charge is 0.338 e. The summed E-state index contributed by atoms with van der Waals surface area (Å²) in [6.07, 6.45) is 0. The van der Waals surface area contributed by atoms with Crippen molar-refractivity contribution in [3.63, 3.8) is 0 Å². The van der Waals surface area contributed by atoms with Crippen LogP contribution in [-0.4, -0.2) is 48.6 Å². The Hall–Kier alpha value is -2.33. The Morgan fingerprint density at radius 2 is 1.54 bits per heavy atom. The Labute approximate surface area is 144 Å². The van der Waals surface area contributed by atoms with E-state index in [1.807, 2.05) is 17.9 Å². The van der Waals surface area contributed by atoms with Crippen LogP contribution in [0.5, 0.6) is 0 Å². The molecule has 3 rings (SSSR count). The van der Waals surface area contributed by atoms with E-state index in [4.69, 9.17) is 0 Å². The summed E-state index contributed by atoms with van der Waals surface area (Å²) in [5.41, 5.74) is 3.82. The van der Waals surface area contributed by atoms with Gasteiger partial charge in [-0.05, 0) is 23.6 Å². The molecule has 2 amide bonds. The first-order valence-electron chi connectivity index (χ1n) is 8.66. The van der Waals surface area contributed by atoms with Crippen LogP contribution in [0.4, 0.5) is 4.79 Å². The average Bonchev–Trinajstić information content (AvgIpc) is 2.64. The summed E-state index contributed by atoms with van der Waals surface area (Å²) in [4.78, 5) is 16.1. The van der Waals surface area contributed by atoms with Crippen molar-refractivity contribution in [2.24, 2.45) is 0 Å². The van der Waals surface area contributed by atoms with Crippen molar-refractivity contribution >= 4 is 6.03 Å². The fourth-order valence-electron chi connectivity index (χ4n) is 3.06. The van der Waals surface area contributed by atoms with Gasteiger partial charge in [0.05, 0.1) is 0 Å². The van der Waals surface area contributed by atoms with Gasteiger partial charge in [0.15, 0.2) is 0 Å². The van der Waals surface area contributed by atoms with Crippen LogP contribution in [0, 0.1) is 0 Å². The smallest absolute Gasteiger partial charge is 0.317 e. The van der Waals surface area contributed by atoms with Gasteiger partial charge in [-0.3, -0.25) is 4.90 Å². The minimum atomic E-state index is 0.0596. The number of nitrogens with one attached hydrogen (secondary N) is 1. The summed E-state index contributed by atoms with van der Waals surface area (Å²) in [6.45, 7) is 7.04. The van der Waals surface area contributed by atoms with Gasteiger partial charge < -0.3 is 10.2 Å². The van der Waals surface area contributed by atoms with Gasteiger partial charge in [0, 0.05) is 39.3 Å². The van der Waals surface area contributed by atoms with E-state index >= 15 is 0 Å². The lowest BCUT2D eigenvalue weighted by atomic mass is 10.0. The summed E-state index contributed by atoms with van der Waals surface area (Å²) in [6, 6.07) is 19.3. The lowest BCUT2D eigenvalue weighted by molar-refractivity contribution is 0.135. The maximum atomic E-state index is 11.8. The normalized spacial score (nSPS) is 15.3. The number of nitrogens with zero attached hydrogens (tertiary/aromatic N) is 2. The monoisotopic (exact) mass is 323 g/mol.